The Labute approximate surface area is 122 Å². The highest BCUT2D eigenvalue weighted by molar-refractivity contribution is 7.89. The third kappa shape index (κ3) is 5.61. The highest BCUT2D eigenvalue weighted by Crippen LogP contribution is 2.22. The van der Waals surface area contributed by atoms with Crippen molar-refractivity contribution >= 4 is 10.0 Å². The van der Waals surface area contributed by atoms with Crippen LogP contribution in [0.25, 0.3) is 0 Å². The smallest absolute Gasteiger partial charge is 0.212 e. The van der Waals surface area contributed by atoms with Gasteiger partial charge in [0.25, 0.3) is 0 Å². The van der Waals surface area contributed by atoms with Crippen molar-refractivity contribution in [1.82, 2.24) is 4.72 Å². The van der Waals surface area contributed by atoms with Crippen molar-refractivity contribution in [1.29, 1.82) is 0 Å². The van der Waals surface area contributed by atoms with Gasteiger partial charge in [0.05, 0.1) is 12.4 Å². The lowest BCUT2D eigenvalue weighted by Crippen LogP contribution is -2.37. The van der Waals surface area contributed by atoms with Crippen LogP contribution in [-0.2, 0) is 21.9 Å². The zero-order valence-electron chi connectivity index (χ0n) is 12.7. The summed E-state index contributed by atoms with van der Waals surface area (Å²) in [4.78, 5) is 0. The molecule has 0 aliphatic heterocycles. The molecular weight excluding hydrogens is 274 g/mol. The number of aliphatic hydroxyl groups excluding tert-OH is 1. The van der Waals surface area contributed by atoms with Crippen molar-refractivity contribution in [3.63, 3.8) is 0 Å². The van der Waals surface area contributed by atoms with Crippen molar-refractivity contribution < 1.29 is 13.5 Å². The average molecular weight is 299 g/mol. The third-order valence-electron chi connectivity index (χ3n) is 3.13. The summed E-state index contributed by atoms with van der Waals surface area (Å²) in [5.74, 6) is 0.0339. The molecule has 0 fully saturated rings. The maximum atomic E-state index is 11.8. The largest absolute Gasteiger partial charge is 0.395 e. The van der Waals surface area contributed by atoms with Crippen LogP contribution in [0.2, 0.25) is 0 Å². The maximum Gasteiger partial charge on any atom is 0.212 e. The van der Waals surface area contributed by atoms with Crippen LogP contribution in [0.5, 0.6) is 0 Å². The number of sulfonamides is 1. The molecule has 0 aliphatic carbocycles. The molecule has 20 heavy (non-hydrogen) atoms. The first-order valence-electron chi connectivity index (χ1n) is 6.84. The highest BCUT2D eigenvalue weighted by Gasteiger charge is 2.15. The van der Waals surface area contributed by atoms with E-state index < -0.39 is 16.1 Å². The molecule has 4 nitrogen and oxygen atoms in total. The molecule has 0 unspecified atom stereocenters. The minimum absolute atomic E-state index is 0.0339. The molecule has 0 radical (unpaired) electrons. The number of benzene rings is 1. The number of aryl methyl sites for hydroxylation is 1. The van der Waals surface area contributed by atoms with Crippen molar-refractivity contribution in [2.24, 2.45) is 0 Å². The Kier molecular flexibility index (Phi) is 5.74. The third-order valence-corrected chi connectivity index (χ3v) is 4.64. The highest BCUT2D eigenvalue weighted by atomic mass is 32.2. The van der Waals surface area contributed by atoms with E-state index in [1.54, 1.807) is 6.92 Å². The van der Waals surface area contributed by atoms with E-state index in [0.29, 0.717) is 6.42 Å². The molecule has 1 atom stereocenters. The van der Waals surface area contributed by atoms with Crippen LogP contribution in [0.3, 0.4) is 0 Å². The van der Waals surface area contributed by atoms with Gasteiger partial charge in [0.2, 0.25) is 10.0 Å². The summed E-state index contributed by atoms with van der Waals surface area (Å²) < 4.78 is 26.0. The van der Waals surface area contributed by atoms with Gasteiger partial charge in [0.1, 0.15) is 0 Å². The fourth-order valence-corrected chi connectivity index (χ4v) is 3.14. The lowest BCUT2D eigenvalue weighted by molar-refractivity contribution is 0.265. The van der Waals surface area contributed by atoms with Crippen LogP contribution in [0.1, 0.15) is 38.8 Å². The standard InChI is InChI=1S/C15H25NO3S/c1-12(11-17)16-20(18,19)10-9-13-5-7-14(8-6-13)15(2,3)4/h5-8,12,16-17H,9-11H2,1-4H3/t12-/m0/s1. The van der Waals surface area contributed by atoms with E-state index in [2.05, 4.69) is 25.5 Å². The minimum atomic E-state index is -3.34. The molecule has 0 aromatic heterocycles. The molecule has 0 saturated carbocycles. The molecule has 2 N–H and O–H groups in total. The molecular formula is C15H25NO3S. The first kappa shape index (κ1) is 17.1. The van der Waals surface area contributed by atoms with Crippen molar-refractivity contribution in [2.45, 2.75) is 45.6 Å². The molecule has 0 aliphatic rings. The maximum absolute atomic E-state index is 11.8. The van der Waals surface area contributed by atoms with E-state index in [9.17, 15) is 8.42 Å². The van der Waals surface area contributed by atoms with E-state index in [1.165, 1.54) is 5.56 Å². The van der Waals surface area contributed by atoms with E-state index >= 15 is 0 Å². The number of nitrogens with one attached hydrogen (secondary N) is 1. The fraction of sp³-hybridized carbons (Fsp3) is 0.600. The molecule has 0 saturated heterocycles. The summed E-state index contributed by atoms with van der Waals surface area (Å²) in [6.07, 6.45) is 0.470. The van der Waals surface area contributed by atoms with E-state index in [0.717, 1.165) is 5.56 Å². The molecule has 1 aromatic rings. The summed E-state index contributed by atoms with van der Waals surface area (Å²) >= 11 is 0. The lowest BCUT2D eigenvalue weighted by Gasteiger charge is -2.19. The van der Waals surface area contributed by atoms with Crippen LogP contribution < -0.4 is 4.72 Å². The number of rotatable bonds is 6. The van der Waals surface area contributed by atoms with Gasteiger partial charge in [-0.25, -0.2) is 13.1 Å². The molecule has 0 heterocycles. The number of hydrogen-bond acceptors (Lipinski definition) is 3. The summed E-state index contributed by atoms with van der Waals surface area (Å²) in [5.41, 5.74) is 2.33. The minimum Gasteiger partial charge on any atom is -0.395 e. The normalized spacial score (nSPS) is 14.2. The molecule has 0 bridgehead atoms. The molecule has 1 rings (SSSR count). The SMILES string of the molecule is C[C@@H](CO)NS(=O)(=O)CCc1ccc(C(C)(C)C)cc1. The first-order valence-corrected chi connectivity index (χ1v) is 8.49. The van der Waals surface area contributed by atoms with Crippen LogP contribution in [0.15, 0.2) is 24.3 Å². The van der Waals surface area contributed by atoms with Gasteiger partial charge < -0.3 is 5.11 Å². The second kappa shape index (κ2) is 6.70. The van der Waals surface area contributed by atoms with Crippen LogP contribution >= 0.6 is 0 Å². The lowest BCUT2D eigenvalue weighted by atomic mass is 9.86. The predicted octanol–water partition coefficient (Wildman–Crippen LogP) is 1.83. The van der Waals surface area contributed by atoms with E-state index in [-0.39, 0.29) is 17.8 Å². The topological polar surface area (TPSA) is 66.4 Å². The average Bonchev–Trinajstić information content (AvgIpc) is 2.35. The Balaban J connectivity index is 2.62. The monoisotopic (exact) mass is 299 g/mol. The zero-order valence-corrected chi connectivity index (χ0v) is 13.5. The van der Waals surface area contributed by atoms with Gasteiger partial charge in [0, 0.05) is 6.04 Å². The van der Waals surface area contributed by atoms with E-state index in [4.69, 9.17) is 5.11 Å². The second-order valence-corrected chi connectivity index (χ2v) is 8.09. The second-order valence-electron chi connectivity index (χ2n) is 6.22. The molecule has 0 spiro atoms. The Morgan fingerprint density at radius 3 is 2.20 bits per heavy atom. The quantitative estimate of drug-likeness (QED) is 0.842. The van der Waals surface area contributed by atoms with Crippen LogP contribution in [0.4, 0.5) is 0 Å². The summed E-state index contributed by atoms with van der Waals surface area (Å²) in [7, 11) is -3.34. The van der Waals surface area contributed by atoms with Gasteiger partial charge >= 0.3 is 0 Å². The fourth-order valence-electron chi connectivity index (χ4n) is 1.83. The van der Waals surface area contributed by atoms with Crippen LogP contribution in [0, 0.1) is 0 Å². The summed E-state index contributed by atoms with van der Waals surface area (Å²) in [5, 5.41) is 8.86. The zero-order chi connectivity index (χ0) is 15.4. The first-order chi connectivity index (χ1) is 9.14. The molecule has 5 heteroatoms. The van der Waals surface area contributed by atoms with Gasteiger partial charge in [-0.05, 0) is 29.9 Å². The Bertz CT molecular complexity index is 515. The Morgan fingerprint density at radius 2 is 1.75 bits per heavy atom. The van der Waals surface area contributed by atoms with Crippen molar-refractivity contribution in [2.75, 3.05) is 12.4 Å². The van der Waals surface area contributed by atoms with Crippen LogP contribution in [-0.4, -0.2) is 31.9 Å². The summed E-state index contributed by atoms with van der Waals surface area (Å²) in [6, 6.07) is 7.61. The van der Waals surface area contributed by atoms with Crippen molar-refractivity contribution in [3.05, 3.63) is 35.4 Å². The Morgan fingerprint density at radius 1 is 1.20 bits per heavy atom. The van der Waals surface area contributed by atoms with E-state index in [1.807, 2.05) is 24.3 Å². The number of hydrogen-bond donors (Lipinski definition) is 2. The van der Waals surface area contributed by atoms with Gasteiger partial charge in [-0.3, -0.25) is 0 Å². The number of aliphatic hydroxyl groups is 1. The Hall–Kier alpha value is -0.910. The van der Waals surface area contributed by atoms with Gasteiger partial charge in [-0.1, -0.05) is 45.0 Å². The molecule has 114 valence electrons. The van der Waals surface area contributed by atoms with Gasteiger partial charge in [-0.2, -0.15) is 0 Å². The van der Waals surface area contributed by atoms with Gasteiger partial charge in [-0.15, -0.1) is 0 Å². The summed E-state index contributed by atoms with van der Waals surface area (Å²) in [6.45, 7) is 7.88. The predicted molar refractivity (Wildman–Crippen MR) is 82.3 cm³/mol. The van der Waals surface area contributed by atoms with Crippen molar-refractivity contribution in [3.8, 4) is 0 Å². The van der Waals surface area contributed by atoms with Gasteiger partial charge in [0.15, 0.2) is 0 Å². The molecule has 1 aromatic carbocycles. The molecule has 0 amide bonds.